The highest BCUT2D eigenvalue weighted by Gasteiger charge is 2.27. The molecule has 4 rings (SSSR count). The monoisotopic (exact) mass is 434 g/mol. The van der Waals surface area contributed by atoms with E-state index in [1.807, 2.05) is 48.5 Å². The van der Waals surface area contributed by atoms with Gasteiger partial charge in [-0.2, -0.15) is 0 Å². The maximum atomic E-state index is 12.5. The number of fused-ring (bicyclic) bond motifs is 1. The Labute approximate surface area is 188 Å². The van der Waals surface area contributed by atoms with Gasteiger partial charge < -0.3 is 15.6 Å². The topological polar surface area (TPSA) is 93.4 Å². The van der Waals surface area contributed by atoms with Gasteiger partial charge in [-0.3, -0.25) is 19.4 Å². The average molecular weight is 435 g/mol. The number of nitrogens with one attached hydrogen (secondary N) is 3. The molecule has 3 aromatic rings. The molecule has 1 fully saturated rings. The third kappa shape index (κ3) is 5.15. The van der Waals surface area contributed by atoms with Gasteiger partial charge in [0.2, 0.25) is 5.91 Å². The van der Waals surface area contributed by atoms with Gasteiger partial charge in [0.05, 0.1) is 17.6 Å². The lowest BCUT2D eigenvalue weighted by Gasteiger charge is -2.39. The first-order chi connectivity index (χ1) is 15.5. The van der Waals surface area contributed by atoms with Gasteiger partial charge in [-0.1, -0.05) is 24.3 Å². The second kappa shape index (κ2) is 9.93. The van der Waals surface area contributed by atoms with E-state index in [0.717, 1.165) is 42.1 Å². The molecular weight excluding hydrogens is 404 g/mol. The fraction of sp³-hybridized carbons (Fsp3) is 0.375. The predicted molar refractivity (Wildman–Crippen MR) is 124 cm³/mol. The highest BCUT2D eigenvalue weighted by molar-refractivity contribution is 5.94. The van der Waals surface area contributed by atoms with E-state index in [9.17, 15) is 9.59 Å². The Bertz CT molecular complexity index is 1060. The maximum Gasteiger partial charge on any atom is 0.251 e. The normalized spacial score (nSPS) is 17.4. The predicted octanol–water partition coefficient (Wildman–Crippen LogP) is 1.57. The summed E-state index contributed by atoms with van der Waals surface area (Å²) in [7, 11) is 3.72. The number of para-hydroxylation sites is 2. The average Bonchev–Trinajstić information content (AvgIpc) is 3.22. The molecule has 0 bridgehead atoms. The molecule has 8 heteroatoms. The van der Waals surface area contributed by atoms with Crippen LogP contribution in [0, 0.1) is 0 Å². The third-order valence-corrected chi connectivity index (χ3v) is 5.98. The lowest BCUT2D eigenvalue weighted by atomic mass is 10.00. The van der Waals surface area contributed by atoms with Crippen LogP contribution in [0.5, 0.6) is 0 Å². The minimum absolute atomic E-state index is 0.0172. The van der Waals surface area contributed by atoms with Gasteiger partial charge in [-0.05, 0) is 36.9 Å². The third-order valence-electron chi connectivity index (χ3n) is 5.98. The summed E-state index contributed by atoms with van der Waals surface area (Å²) in [6.07, 6.45) is 0.665. The number of aromatic amines is 1. The summed E-state index contributed by atoms with van der Waals surface area (Å²) in [6, 6.07) is 15.8. The van der Waals surface area contributed by atoms with Crippen molar-refractivity contribution in [2.45, 2.75) is 12.5 Å². The minimum Gasteiger partial charge on any atom is -0.355 e. The Kier molecular flexibility index (Phi) is 6.82. The van der Waals surface area contributed by atoms with Crippen molar-refractivity contribution < 1.29 is 9.59 Å². The van der Waals surface area contributed by atoms with Crippen molar-refractivity contribution in [3.63, 3.8) is 0 Å². The molecule has 1 aromatic heterocycles. The van der Waals surface area contributed by atoms with Crippen LogP contribution in [-0.2, 0) is 11.2 Å². The number of rotatable bonds is 7. The molecule has 2 aromatic carbocycles. The highest BCUT2D eigenvalue weighted by atomic mass is 16.2. The van der Waals surface area contributed by atoms with Gasteiger partial charge in [0.25, 0.3) is 5.91 Å². The number of benzene rings is 2. The lowest BCUT2D eigenvalue weighted by molar-refractivity contribution is -0.122. The van der Waals surface area contributed by atoms with E-state index in [1.54, 1.807) is 7.05 Å². The van der Waals surface area contributed by atoms with Crippen LogP contribution in [0.25, 0.3) is 11.0 Å². The van der Waals surface area contributed by atoms with Crippen LogP contribution in [0.15, 0.2) is 48.5 Å². The molecule has 2 amide bonds. The first-order valence-corrected chi connectivity index (χ1v) is 11.0. The van der Waals surface area contributed by atoms with Crippen molar-refractivity contribution >= 4 is 22.8 Å². The van der Waals surface area contributed by atoms with Gasteiger partial charge in [0.1, 0.15) is 5.82 Å². The molecule has 168 valence electrons. The quantitative estimate of drug-likeness (QED) is 0.525. The summed E-state index contributed by atoms with van der Waals surface area (Å²) in [5.74, 6) is 0.802. The number of piperazine rings is 1. The molecule has 1 aliphatic heterocycles. The second-order valence-corrected chi connectivity index (χ2v) is 8.24. The molecule has 0 aliphatic carbocycles. The van der Waals surface area contributed by atoms with Crippen molar-refractivity contribution in [2.75, 3.05) is 46.8 Å². The molecule has 1 aliphatic rings. The Morgan fingerprint density at radius 2 is 2.00 bits per heavy atom. The van der Waals surface area contributed by atoms with E-state index in [4.69, 9.17) is 0 Å². The first kappa shape index (κ1) is 22.0. The summed E-state index contributed by atoms with van der Waals surface area (Å²) >= 11 is 0. The Morgan fingerprint density at radius 3 is 2.81 bits per heavy atom. The molecule has 2 heterocycles. The van der Waals surface area contributed by atoms with Crippen molar-refractivity contribution in [2.24, 2.45) is 0 Å². The standard InChI is InChI=1S/C24H30N6O2/c1-25-24(32)18-7-5-6-17(14-18)21-15-30(13-12-29(21)2)16-23(31)26-11-10-22-27-19-8-3-4-9-20(19)28-22/h3-9,14,21H,10-13,15-16H2,1-2H3,(H,25,32)(H,26,31)(H,27,28). The van der Waals surface area contributed by atoms with Gasteiger partial charge >= 0.3 is 0 Å². The van der Waals surface area contributed by atoms with E-state index in [2.05, 4.69) is 37.4 Å². The Hall–Kier alpha value is -3.23. The number of hydrogen-bond donors (Lipinski definition) is 3. The smallest absolute Gasteiger partial charge is 0.251 e. The zero-order valence-corrected chi connectivity index (χ0v) is 18.6. The molecule has 3 N–H and O–H groups in total. The van der Waals surface area contributed by atoms with E-state index in [-0.39, 0.29) is 17.9 Å². The SMILES string of the molecule is CNC(=O)c1cccc(C2CN(CC(=O)NCCc3nc4ccccc4[nH]3)CCN2C)c1. The molecule has 0 saturated carbocycles. The fourth-order valence-corrected chi connectivity index (χ4v) is 4.17. The van der Waals surface area contributed by atoms with E-state index in [0.29, 0.717) is 25.1 Å². The largest absolute Gasteiger partial charge is 0.355 e. The van der Waals surface area contributed by atoms with Crippen LogP contribution in [0.4, 0.5) is 0 Å². The number of imidazole rings is 1. The molecule has 0 radical (unpaired) electrons. The van der Waals surface area contributed by atoms with Gasteiger partial charge in [0, 0.05) is 51.3 Å². The number of amides is 2. The summed E-state index contributed by atoms with van der Waals surface area (Å²) in [5, 5.41) is 5.69. The Morgan fingerprint density at radius 1 is 1.16 bits per heavy atom. The molecule has 1 atom stereocenters. The zero-order chi connectivity index (χ0) is 22.5. The number of H-pyrrole nitrogens is 1. The minimum atomic E-state index is -0.0917. The lowest BCUT2D eigenvalue weighted by Crippen LogP contribution is -2.49. The van der Waals surface area contributed by atoms with Gasteiger partial charge in [0.15, 0.2) is 0 Å². The van der Waals surface area contributed by atoms with Crippen LogP contribution in [0.1, 0.15) is 27.8 Å². The molecule has 1 unspecified atom stereocenters. The van der Waals surface area contributed by atoms with E-state index < -0.39 is 0 Å². The Balaban J connectivity index is 1.30. The number of carbonyl (C=O) groups is 2. The highest BCUT2D eigenvalue weighted by Crippen LogP contribution is 2.24. The van der Waals surface area contributed by atoms with Crippen molar-refractivity contribution in [3.8, 4) is 0 Å². The number of carbonyl (C=O) groups excluding carboxylic acids is 2. The molecule has 0 spiro atoms. The van der Waals surface area contributed by atoms with Crippen LogP contribution >= 0.6 is 0 Å². The van der Waals surface area contributed by atoms with Gasteiger partial charge in [-0.15, -0.1) is 0 Å². The summed E-state index contributed by atoms with van der Waals surface area (Å²) < 4.78 is 0. The maximum absolute atomic E-state index is 12.5. The van der Waals surface area contributed by atoms with Crippen LogP contribution in [0.3, 0.4) is 0 Å². The first-order valence-electron chi connectivity index (χ1n) is 11.0. The molecular formula is C24H30N6O2. The van der Waals surface area contributed by atoms with Gasteiger partial charge in [-0.25, -0.2) is 4.98 Å². The summed E-state index contributed by atoms with van der Waals surface area (Å²) in [5.41, 5.74) is 3.69. The summed E-state index contributed by atoms with van der Waals surface area (Å²) in [4.78, 5) is 36.8. The van der Waals surface area contributed by atoms with Crippen LogP contribution in [-0.4, -0.2) is 78.4 Å². The van der Waals surface area contributed by atoms with Crippen molar-refractivity contribution in [3.05, 3.63) is 65.5 Å². The van der Waals surface area contributed by atoms with E-state index >= 15 is 0 Å². The number of aromatic nitrogens is 2. The van der Waals surface area contributed by atoms with Crippen LogP contribution in [0.2, 0.25) is 0 Å². The second-order valence-electron chi connectivity index (χ2n) is 8.24. The number of hydrogen-bond acceptors (Lipinski definition) is 5. The molecule has 8 nitrogen and oxygen atoms in total. The molecule has 32 heavy (non-hydrogen) atoms. The zero-order valence-electron chi connectivity index (χ0n) is 18.6. The number of likely N-dealkylation sites (N-methyl/N-ethyl adjacent to an activating group) is 1. The molecule has 1 saturated heterocycles. The summed E-state index contributed by atoms with van der Waals surface area (Å²) in [6.45, 7) is 3.34. The van der Waals surface area contributed by atoms with Crippen LogP contribution < -0.4 is 10.6 Å². The van der Waals surface area contributed by atoms with Crippen molar-refractivity contribution in [1.82, 2.24) is 30.4 Å². The fourth-order valence-electron chi connectivity index (χ4n) is 4.17. The van der Waals surface area contributed by atoms with E-state index in [1.165, 1.54) is 0 Å². The number of nitrogens with zero attached hydrogens (tertiary/aromatic N) is 3. The van der Waals surface area contributed by atoms with Crippen molar-refractivity contribution in [1.29, 1.82) is 0 Å².